The number of hydrogen-bond donors (Lipinski definition) is 1. The lowest BCUT2D eigenvalue weighted by atomic mass is 10.1. The highest BCUT2D eigenvalue weighted by Gasteiger charge is 2.15. The van der Waals surface area contributed by atoms with Crippen LogP contribution < -0.4 is 10.1 Å². The molecule has 0 aromatic heterocycles. The van der Waals surface area contributed by atoms with Gasteiger partial charge < -0.3 is 14.8 Å². The van der Waals surface area contributed by atoms with Crippen LogP contribution in [-0.2, 0) is 11.2 Å². The molecule has 1 aliphatic heterocycles. The fraction of sp³-hybridized carbons (Fsp3) is 0.500. The zero-order valence-electron chi connectivity index (χ0n) is 9.03. The highest BCUT2D eigenvalue weighted by molar-refractivity contribution is 5.33. The normalized spacial score (nSPS) is 21.3. The third kappa shape index (κ3) is 2.70. The fourth-order valence-corrected chi connectivity index (χ4v) is 1.87. The number of para-hydroxylation sites is 1. The SMILES string of the molecule is COc1ccccc1CC1CNCCO1. The maximum atomic E-state index is 5.66. The van der Waals surface area contributed by atoms with Crippen molar-refractivity contribution in [1.29, 1.82) is 0 Å². The van der Waals surface area contributed by atoms with Gasteiger partial charge in [0.2, 0.25) is 0 Å². The van der Waals surface area contributed by atoms with Gasteiger partial charge in [-0.05, 0) is 11.6 Å². The van der Waals surface area contributed by atoms with Crippen molar-refractivity contribution in [2.75, 3.05) is 26.8 Å². The van der Waals surface area contributed by atoms with E-state index >= 15 is 0 Å². The minimum absolute atomic E-state index is 0.273. The fourth-order valence-electron chi connectivity index (χ4n) is 1.87. The second-order valence-corrected chi connectivity index (χ2v) is 3.71. The molecule has 1 atom stereocenters. The summed E-state index contributed by atoms with van der Waals surface area (Å²) in [5.41, 5.74) is 1.22. The van der Waals surface area contributed by atoms with Crippen molar-refractivity contribution >= 4 is 0 Å². The van der Waals surface area contributed by atoms with E-state index in [0.717, 1.165) is 31.9 Å². The minimum Gasteiger partial charge on any atom is -0.496 e. The summed E-state index contributed by atoms with van der Waals surface area (Å²) in [7, 11) is 1.71. The third-order valence-electron chi connectivity index (χ3n) is 2.64. The van der Waals surface area contributed by atoms with E-state index in [1.165, 1.54) is 5.56 Å². The molecule has 82 valence electrons. The molecule has 2 rings (SSSR count). The summed E-state index contributed by atoms with van der Waals surface area (Å²) in [6.45, 7) is 2.69. The summed E-state index contributed by atoms with van der Waals surface area (Å²) in [6.07, 6.45) is 1.19. The lowest BCUT2D eigenvalue weighted by molar-refractivity contribution is 0.0289. The Morgan fingerprint density at radius 3 is 3.07 bits per heavy atom. The molecule has 1 fully saturated rings. The molecule has 0 saturated carbocycles. The molecule has 1 aromatic carbocycles. The first-order valence-corrected chi connectivity index (χ1v) is 5.34. The molecule has 1 unspecified atom stereocenters. The van der Waals surface area contributed by atoms with Gasteiger partial charge in [-0.3, -0.25) is 0 Å². The van der Waals surface area contributed by atoms with Crippen LogP contribution in [0.1, 0.15) is 5.56 Å². The molecule has 0 spiro atoms. The molecule has 1 aliphatic rings. The highest BCUT2D eigenvalue weighted by Crippen LogP contribution is 2.19. The smallest absolute Gasteiger partial charge is 0.122 e. The molecule has 0 radical (unpaired) electrons. The molecule has 1 N–H and O–H groups in total. The van der Waals surface area contributed by atoms with E-state index < -0.39 is 0 Å². The minimum atomic E-state index is 0.273. The van der Waals surface area contributed by atoms with Crippen molar-refractivity contribution in [3.63, 3.8) is 0 Å². The van der Waals surface area contributed by atoms with E-state index in [1.807, 2.05) is 18.2 Å². The molecule has 15 heavy (non-hydrogen) atoms. The topological polar surface area (TPSA) is 30.5 Å². The van der Waals surface area contributed by atoms with E-state index in [2.05, 4.69) is 11.4 Å². The van der Waals surface area contributed by atoms with Crippen LogP contribution in [0.3, 0.4) is 0 Å². The van der Waals surface area contributed by atoms with Crippen molar-refractivity contribution in [2.24, 2.45) is 0 Å². The van der Waals surface area contributed by atoms with Gasteiger partial charge in [-0.15, -0.1) is 0 Å². The maximum Gasteiger partial charge on any atom is 0.122 e. The average Bonchev–Trinajstić information content (AvgIpc) is 2.31. The quantitative estimate of drug-likeness (QED) is 0.808. The molecule has 0 aliphatic carbocycles. The maximum absolute atomic E-state index is 5.66. The van der Waals surface area contributed by atoms with Crippen LogP contribution >= 0.6 is 0 Å². The van der Waals surface area contributed by atoms with Crippen LogP contribution in [0, 0.1) is 0 Å². The van der Waals surface area contributed by atoms with Crippen LogP contribution in [0.15, 0.2) is 24.3 Å². The van der Waals surface area contributed by atoms with E-state index in [-0.39, 0.29) is 6.10 Å². The third-order valence-corrected chi connectivity index (χ3v) is 2.64. The predicted octanol–water partition coefficient (Wildman–Crippen LogP) is 1.23. The lowest BCUT2D eigenvalue weighted by Gasteiger charge is -2.24. The molecule has 1 heterocycles. The number of benzene rings is 1. The number of rotatable bonds is 3. The van der Waals surface area contributed by atoms with Gasteiger partial charge in [0.15, 0.2) is 0 Å². The van der Waals surface area contributed by atoms with Crippen LogP contribution in [0.5, 0.6) is 5.75 Å². The van der Waals surface area contributed by atoms with Gasteiger partial charge in [0.05, 0.1) is 19.8 Å². The summed E-state index contributed by atoms with van der Waals surface area (Å²) in [6, 6.07) is 8.11. The zero-order valence-corrected chi connectivity index (χ0v) is 9.03. The molecule has 0 bridgehead atoms. The molecular formula is C12H17NO2. The van der Waals surface area contributed by atoms with Gasteiger partial charge in [-0.2, -0.15) is 0 Å². The number of nitrogens with one attached hydrogen (secondary N) is 1. The van der Waals surface area contributed by atoms with Crippen molar-refractivity contribution < 1.29 is 9.47 Å². The molecule has 1 saturated heterocycles. The van der Waals surface area contributed by atoms with Crippen molar-refractivity contribution in [3.05, 3.63) is 29.8 Å². The number of morpholine rings is 1. The second-order valence-electron chi connectivity index (χ2n) is 3.71. The Bertz CT molecular complexity index is 308. The van der Waals surface area contributed by atoms with Gasteiger partial charge in [-0.1, -0.05) is 18.2 Å². The summed E-state index contributed by atoms with van der Waals surface area (Å²) in [5.74, 6) is 0.951. The molecular weight excluding hydrogens is 190 g/mol. The average molecular weight is 207 g/mol. The van der Waals surface area contributed by atoms with E-state index in [1.54, 1.807) is 7.11 Å². The predicted molar refractivity (Wildman–Crippen MR) is 59.3 cm³/mol. The Morgan fingerprint density at radius 1 is 1.47 bits per heavy atom. The first-order valence-electron chi connectivity index (χ1n) is 5.34. The monoisotopic (exact) mass is 207 g/mol. The first kappa shape index (κ1) is 10.5. The summed E-state index contributed by atoms with van der Waals surface area (Å²) < 4.78 is 11.0. The van der Waals surface area contributed by atoms with E-state index in [4.69, 9.17) is 9.47 Å². The van der Waals surface area contributed by atoms with Gasteiger partial charge >= 0.3 is 0 Å². The molecule has 3 nitrogen and oxygen atoms in total. The van der Waals surface area contributed by atoms with Gasteiger partial charge in [0.1, 0.15) is 5.75 Å². The van der Waals surface area contributed by atoms with Crippen LogP contribution in [-0.4, -0.2) is 32.9 Å². The largest absolute Gasteiger partial charge is 0.496 e. The van der Waals surface area contributed by atoms with Crippen LogP contribution in [0.4, 0.5) is 0 Å². The van der Waals surface area contributed by atoms with Crippen molar-refractivity contribution in [2.45, 2.75) is 12.5 Å². The molecule has 1 aromatic rings. The second kappa shape index (κ2) is 5.14. The van der Waals surface area contributed by atoms with Crippen LogP contribution in [0.2, 0.25) is 0 Å². The van der Waals surface area contributed by atoms with E-state index in [9.17, 15) is 0 Å². The Labute approximate surface area is 90.4 Å². The number of methoxy groups -OCH3 is 1. The number of hydrogen-bond acceptors (Lipinski definition) is 3. The Morgan fingerprint density at radius 2 is 2.33 bits per heavy atom. The van der Waals surface area contributed by atoms with Crippen molar-refractivity contribution in [1.82, 2.24) is 5.32 Å². The van der Waals surface area contributed by atoms with Gasteiger partial charge in [-0.25, -0.2) is 0 Å². The summed E-state index contributed by atoms with van der Waals surface area (Å²) in [4.78, 5) is 0. The summed E-state index contributed by atoms with van der Waals surface area (Å²) >= 11 is 0. The first-order chi connectivity index (χ1) is 7.40. The Kier molecular flexibility index (Phi) is 3.59. The van der Waals surface area contributed by atoms with Gasteiger partial charge in [0.25, 0.3) is 0 Å². The molecule has 3 heteroatoms. The standard InChI is InChI=1S/C12H17NO2/c1-14-12-5-3-2-4-10(12)8-11-9-13-6-7-15-11/h2-5,11,13H,6-9H2,1H3. The zero-order chi connectivity index (χ0) is 10.5. The van der Waals surface area contributed by atoms with Crippen LogP contribution in [0.25, 0.3) is 0 Å². The highest BCUT2D eigenvalue weighted by atomic mass is 16.5. The molecule has 0 amide bonds. The van der Waals surface area contributed by atoms with E-state index in [0.29, 0.717) is 0 Å². The van der Waals surface area contributed by atoms with Gasteiger partial charge in [0, 0.05) is 19.5 Å². The number of ether oxygens (including phenoxy) is 2. The van der Waals surface area contributed by atoms with Crippen molar-refractivity contribution in [3.8, 4) is 5.75 Å². The Balaban J connectivity index is 2.02. The lowest BCUT2D eigenvalue weighted by Crippen LogP contribution is -2.39. The summed E-state index contributed by atoms with van der Waals surface area (Å²) in [5, 5.41) is 3.33. The Hall–Kier alpha value is -1.06.